The van der Waals surface area contributed by atoms with Crippen molar-refractivity contribution in [3.8, 4) is 0 Å². The maximum absolute atomic E-state index is 12.8. The number of carbonyl (C=O) groups excluding carboxylic acids is 2. The lowest BCUT2D eigenvalue weighted by atomic mass is 9.83. The van der Waals surface area contributed by atoms with Gasteiger partial charge in [0.2, 0.25) is 5.91 Å². The lowest BCUT2D eigenvalue weighted by molar-refractivity contribution is -0.129. The topological polar surface area (TPSA) is 63.4 Å². The van der Waals surface area contributed by atoms with E-state index in [0.717, 1.165) is 69.4 Å². The van der Waals surface area contributed by atoms with Crippen molar-refractivity contribution in [2.75, 3.05) is 18.8 Å². The lowest BCUT2D eigenvalue weighted by Crippen LogP contribution is -2.47. The minimum Gasteiger partial charge on any atom is -0.342 e. The second-order valence-corrected chi connectivity index (χ2v) is 9.46. The van der Waals surface area contributed by atoms with Gasteiger partial charge >= 0.3 is 0 Å². The van der Waals surface area contributed by atoms with Gasteiger partial charge in [-0.05, 0) is 49.8 Å². The predicted octanol–water partition coefficient (Wildman–Crippen LogP) is 5.22. The molecule has 166 valence electrons. The van der Waals surface area contributed by atoms with Crippen LogP contribution < -0.4 is 5.73 Å². The molecule has 30 heavy (non-hydrogen) atoms. The normalized spacial score (nSPS) is 15.6. The minimum absolute atomic E-state index is 0.0715. The molecule has 0 bridgehead atoms. The van der Waals surface area contributed by atoms with Crippen LogP contribution in [0, 0.1) is 5.92 Å². The van der Waals surface area contributed by atoms with Crippen molar-refractivity contribution >= 4 is 23.5 Å². The average Bonchev–Trinajstić information content (AvgIpc) is 2.79. The van der Waals surface area contributed by atoms with Crippen molar-refractivity contribution in [1.29, 1.82) is 0 Å². The first-order chi connectivity index (χ1) is 14.5. The molecule has 1 amide bonds. The van der Waals surface area contributed by atoms with Gasteiger partial charge in [0.05, 0.1) is 11.3 Å². The van der Waals surface area contributed by atoms with E-state index in [2.05, 4.69) is 13.8 Å². The van der Waals surface area contributed by atoms with Crippen molar-refractivity contribution in [1.82, 2.24) is 4.90 Å². The number of hydrogen-bond acceptors (Lipinski definition) is 4. The molecule has 2 rings (SSSR count). The summed E-state index contributed by atoms with van der Waals surface area (Å²) in [5, 5.41) is 0. The summed E-state index contributed by atoms with van der Waals surface area (Å²) < 4.78 is 0. The van der Waals surface area contributed by atoms with Crippen molar-refractivity contribution < 1.29 is 9.59 Å². The Balaban J connectivity index is 1.80. The number of carbonyl (C=O) groups is 2. The fraction of sp³-hybridized carbons (Fsp3) is 0.600. The van der Waals surface area contributed by atoms with Gasteiger partial charge in [0.1, 0.15) is 0 Å². The van der Waals surface area contributed by atoms with Crippen molar-refractivity contribution in [2.24, 2.45) is 11.7 Å². The Morgan fingerprint density at radius 3 is 2.27 bits per heavy atom. The van der Waals surface area contributed by atoms with Crippen LogP contribution in [0.25, 0.3) is 0 Å². The quantitative estimate of drug-likeness (QED) is 0.365. The van der Waals surface area contributed by atoms with E-state index in [-0.39, 0.29) is 11.7 Å². The number of ketones is 1. The Labute approximate surface area is 186 Å². The molecule has 0 radical (unpaired) electrons. The van der Waals surface area contributed by atoms with E-state index in [1.165, 1.54) is 0 Å². The van der Waals surface area contributed by atoms with Gasteiger partial charge in [-0.1, -0.05) is 63.8 Å². The van der Waals surface area contributed by atoms with Gasteiger partial charge in [-0.2, -0.15) is 0 Å². The third-order valence-corrected chi connectivity index (χ3v) is 6.96. The van der Waals surface area contributed by atoms with E-state index in [1.807, 2.05) is 41.3 Å². The molecule has 1 aliphatic heterocycles. The second-order valence-electron chi connectivity index (χ2n) is 8.41. The highest BCUT2D eigenvalue weighted by Gasteiger charge is 2.31. The minimum atomic E-state index is -0.714. The molecule has 2 N–H and O–H groups in total. The summed E-state index contributed by atoms with van der Waals surface area (Å²) in [4.78, 5) is 28.4. The zero-order valence-corrected chi connectivity index (χ0v) is 19.5. The molecule has 1 aliphatic rings. The number of nitrogens with zero attached hydrogens (tertiary/aromatic N) is 1. The Bertz CT molecular complexity index is 674. The van der Waals surface area contributed by atoms with Gasteiger partial charge < -0.3 is 10.6 Å². The summed E-state index contributed by atoms with van der Waals surface area (Å²) in [6.07, 6.45) is 11.2. The largest absolute Gasteiger partial charge is 0.342 e. The molecular weight excluding hydrogens is 392 g/mol. The van der Waals surface area contributed by atoms with Crippen LogP contribution in [0.15, 0.2) is 47.4 Å². The fourth-order valence-corrected chi connectivity index (χ4v) is 4.66. The van der Waals surface area contributed by atoms with Gasteiger partial charge in [-0.3, -0.25) is 9.59 Å². The highest BCUT2D eigenvalue weighted by atomic mass is 32.2. The summed E-state index contributed by atoms with van der Waals surface area (Å²) in [6, 6.07) is 10.0. The highest BCUT2D eigenvalue weighted by Crippen LogP contribution is 2.24. The van der Waals surface area contributed by atoms with E-state index in [1.54, 1.807) is 17.8 Å². The maximum Gasteiger partial charge on any atom is 0.232 e. The number of benzene rings is 1. The summed E-state index contributed by atoms with van der Waals surface area (Å²) >= 11 is 1.59. The van der Waals surface area contributed by atoms with E-state index in [0.29, 0.717) is 11.7 Å². The first kappa shape index (κ1) is 24.7. The Kier molecular flexibility index (Phi) is 10.7. The zero-order chi connectivity index (χ0) is 21.8. The molecule has 1 aromatic carbocycles. The molecule has 0 aliphatic carbocycles. The van der Waals surface area contributed by atoms with Crippen molar-refractivity contribution in [3.63, 3.8) is 0 Å². The zero-order valence-electron chi connectivity index (χ0n) is 18.6. The van der Waals surface area contributed by atoms with Crippen LogP contribution in [0.3, 0.4) is 0 Å². The molecule has 4 nitrogen and oxygen atoms in total. The van der Waals surface area contributed by atoms with Crippen LogP contribution >= 0.6 is 11.8 Å². The van der Waals surface area contributed by atoms with Gasteiger partial charge in [-0.15, -0.1) is 11.8 Å². The second kappa shape index (κ2) is 13.0. The number of rotatable bonds is 12. The van der Waals surface area contributed by atoms with Crippen LogP contribution in [0.2, 0.25) is 0 Å². The van der Waals surface area contributed by atoms with E-state index in [9.17, 15) is 9.59 Å². The third-order valence-electron chi connectivity index (χ3n) is 5.96. The molecule has 1 fully saturated rings. The number of unbranched alkanes of at least 4 members (excludes halogenated alkanes) is 2. The number of allylic oxidation sites excluding steroid dienone is 1. The van der Waals surface area contributed by atoms with Crippen LogP contribution in [0.5, 0.6) is 0 Å². The van der Waals surface area contributed by atoms with Crippen LogP contribution in [-0.4, -0.2) is 41.0 Å². The Morgan fingerprint density at radius 1 is 1.10 bits per heavy atom. The Hall–Kier alpha value is -1.59. The molecule has 0 atom stereocenters. The van der Waals surface area contributed by atoms with Gasteiger partial charge in [0.25, 0.3) is 0 Å². The van der Waals surface area contributed by atoms with Crippen LogP contribution in [-0.2, 0) is 9.59 Å². The van der Waals surface area contributed by atoms with Gasteiger partial charge in [0.15, 0.2) is 5.78 Å². The Morgan fingerprint density at radius 2 is 1.70 bits per heavy atom. The molecule has 0 unspecified atom stereocenters. The molecular formula is C25H38N2O2S. The van der Waals surface area contributed by atoms with Gasteiger partial charge in [0, 0.05) is 18.0 Å². The summed E-state index contributed by atoms with van der Waals surface area (Å²) in [5.41, 5.74) is 5.80. The van der Waals surface area contributed by atoms with Crippen molar-refractivity contribution in [2.45, 2.75) is 75.6 Å². The summed E-state index contributed by atoms with van der Waals surface area (Å²) in [6.45, 7) is 5.79. The smallest absolute Gasteiger partial charge is 0.232 e. The molecule has 1 aromatic rings. The van der Waals surface area contributed by atoms with Crippen LogP contribution in [0.4, 0.5) is 0 Å². The average molecular weight is 431 g/mol. The molecule has 1 heterocycles. The summed E-state index contributed by atoms with van der Waals surface area (Å²) in [7, 11) is 0. The number of amides is 1. The number of thioether (sulfide) groups is 1. The number of likely N-dealkylation sites (tertiary alicyclic amines) is 1. The first-order valence-corrected chi connectivity index (χ1v) is 12.4. The fourth-order valence-electron chi connectivity index (χ4n) is 3.84. The maximum atomic E-state index is 12.8. The summed E-state index contributed by atoms with van der Waals surface area (Å²) in [5.74, 6) is 1.10. The molecule has 0 aromatic heterocycles. The predicted molar refractivity (Wildman–Crippen MR) is 127 cm³/mol. The molecule has 1 saturated heterocycles. The van der Waals surface area contributed by atoms with E-state index < -0.39 is 5.54 Å². The lowest BCUT2D eigenvalue weighted by Gasteiger charge is -2.31. The third kappa shape index (κ3) is 7.92. The number of piperidine rings is 1. The monoisotopic (exact) mass is 430 g/mol. The SMILES string of the molecule is CCCCC(N)(CCCC)C(=O)/C=C\C1CCN(C(=O)CSc2ccccc2)CC1. The molecule has 5 heteroatoms. The highest BCUT2D eigenvalue weighted by molar-refractivity contribution is 8.00. The molecule has 0 saturated carbocycles. The molecule has 0 spiro atoms. The van der Waals surface area contributed by atoms with Crippen LogP contribution in [0.1, 0.15) is 65.2 Å². The van der Waals surface area contributed by atoms with Crippen molar-refractivity contribution in [3.05, 3.63) is 42.5 Å². The number of hydrogen-bond donors (Lipinski definition) is 1. The standard InChI is InChI=1S/C25H38N2O2S/c1-3-5-16-25(26,17-6-4-2)23(28)13-12-21-14-18-27(19-15-21)24(29)20-30-22-10-8-7-9-11-22/h7-13,21H,3-6,14-20,26H2,1-2H3/b13-12-. The number of nitrogens with two attached hydrogens (primary N) is 1. The first-order valence-electron chi connectivity index (χ1n) is 11.5. The van der Waals surface area contributed by atoms with Gasteiger partial charge in [-0.25, -0.2) is 0 Å². The van der Waals surface area contributed by atoms with E-state index in [4.69, 9.17) is 5.73 Å². The van der Waals surface area contributed by atoms with E-state index >= 15 is 0 Å².